The zero-order valence-corrected chi connectivity index (χ0v) is 7.55. The number of aliphatic imine (C=N–C) groups is 1. The van der Waals surface area contributed by atoms with Gasteiger partial charge in [-0.15, -0.1) is 0 Å². The summed E-state index contributed by atoms with van der Waals surface area (Å²) >= 11 is 0. The second-order valence-electron chi connectivity index (χ2n) is 2.82. The highest BCUT2D eigenvalue weighted by atomic mass is 19.4. The molecule has 0 radical (unpaired) electrons. The summed E-state index contributed by atoms with van der Waals surface area (Å²) in [4.78, 5) is 12.9. The smallest absolute Gasteiger partial charge is 0.211 e. The molecule has 2 nitrogen and oxygen atoms in total. The van der Waals surface area contributed by atoms with E-state index in [1.807, 2.05) is 0 Å². The van der Waals surface area contributed by atoms with Gasteiger partial charge in [-0.1, -0.05) is 12.1 Å². The third-order valence-electron chi connectivity index (χ3n) is 1.76. The number of benzene rings is 1. The Hall–Kier alpha value is -1.75. The van der Waals surface area contributed by atoms with Crippen molar-refractivity contribution in [2.45, 2.75) is 12.1 Å². The van der Waals surface area contributed by atoms with Gasteiger partial charge in [-0.05, 0) is 12.1 Å². The summed E-state index contributed by atoms with van der Waals surface area (Å²) in [5.41, 5.74) is -1.25. The fourth-order valence-electron chi connectivity index (χ4n) is 0.962. The summed E-state index contributed by atoms with van der Waals surface area (Å²) in [6, 6.07) is 2.87. The van der Waals surface area contributed by atoms with E-state index >= 15 is 0 Å². The number of rotatable bonds is 2. The van der Waals surface area contributed by atoms with Crippen molar-refractivity contribution in [3.63, 3.8) is 0 Å². The van der Waals surface area contributed by atoms with Crippen molar-refractivity contribution in [1.29, 1.82) is 0 Å². The van der Waals surface area contributed by atoms with Crippen LogP contribution in [0.2, 0.25) is 0 Å². The van der Waals surface area contributed by atoms with E-state index in [0.29, 0.717) is 12.1 Å². The Morgan fingerprint density at radius 2 is 1.50 bits per heavy atom. The molecular weight excluding hydrogens is 233 g/mol. The topological polar surface area (TPSA) is 29.4 Å². The van der Waals surface area contributed by atoms with Gasteiger partial charge in [-0.2, -0.15) is 26.9 Å². The summed E-state index contributed by atoms with van der Waals surface area (Å²) in [6.07, 6.45) is -4.51. The summed E-state index contributed by atoms with van der Waals surface area (Å²) in [7, 11) is 0. The summed E-state index contributed by atoms with van der Waals surface area (Å²) in [6.45, 7) is 0. The lowest BCUT2D eigenvalue weighted by Gasteiger charge is -2.19. The Morgan fingerprint density at radius 1 is 1.00 bits per heavy atom. The molecule has 0 N–H and O–H groups in total. The number of halogens is 5. The molecule has 0 fully saturated rings. The van der Waals surface area contributed by atoms with E-state index in [-0.39, 0.29) is 5.69 Å². The molecule has 0 aliphatic carbocycles. The maximum absolute atomic E-state index is 12.7. The zero-order valence-electron chi connectivity index (χ0n) is 7.55. The maximum atomic E-state index is 12.7. The third kappa shape index (κ3) is 2.25. The number of nitrogens with zero attached hydrogens (tertiary/aromatic N) is 1. The first-order chi connectivity index (χ1) is 7.29. The minimum Gasteiger partial charge on any atom is -0.211 e. The highest BCUT2D eigenvalue weighted by Crippen LogP contribution is 2.43. The average Bonchev–Trinajstić information content (AvgIpc) is 2.17. The van der Waals surface area contributed by atoms with E-state index in [4.69, 9.17) is 0 Å². The molecule has 1 rings (SSSR count). The third-order valence-corrected chi connectivity index (χ3v) is 1.76. The van der Waals surface area contributed by atoms with Crippen LogP contribution in [0.4, 0.5) is 27.6 Å². The quantitative estimate of drug-likeness (QED) is 0.440. The average molecular weight is 237 g/mol. The van der Waals surface area contributed by atoms with E-state index in [1.165, 1.54) is 0 Å². The number of hydrogen-bond donors (Lipinski definition) is 0. The monoisotopic (exact) mass is 237 g/mol. The lowest BCUT2D eigenvalue weighted by atomic mass is 10.1. The first-order valence-electron chi connectivity index (χ1n) is 3.92. The van der Waals surface area contributed by atoms with E-state index in [9.17, 15) is 26.7 Å². The lowest BCUT2D eigenvalue weighted by molar-refractivity contribution is -0.289. The van der Waals surface area contributed by atoms with E-state index in [1.54, 1.807) is 0 Å². The fourth-order valence-corrected chi connectivity index (χ4v) is 0.962. The van der Waals surface area contributed by atoms with Crippen molar-refractivity contribution in [1.82, 2.24) is 0 Å². The highest BCUT2D eigenvalue weighted by Gasteiger charge is 2.58. The Kier molecular flexibility index (Phi) is 3.09. The molecule has 0 saturated heterocycles. The van der Waals surface area contributed by atoms with Gasteiger partial charge in [-0.3, -0.25) is 0 Å². The van der Waals surface area contributed by atoms with Crippen LogP contribution in [0.5, 0.6) is 0 Å². The van der Waals surface area contributed by atoms with Crippen LogP contribution in [0, 0.1) is 0 Å². The standard InChI is InChI=1S/C9H4F5NO/c10-8(11,9(12,13)14)6-1-3-7(4-2-6)15-5-16/h1-4H. The summed E-state index contributed by atoms with van der Waals surface area (Å²) in [5, 5.41) is 0. The minimum atomic E-state index is -5.65. The Morgan fingerprint density at radius 3 is 1.88 bits per heavy atom. The first-order valence-corrected chi connectivity index (χ1v) is 3.92. The summed E-state index contributed by atoms with van der Waals surface area (Å²) < 4.78 is 61.3. The summed E-state index contributed by atoms with van der Waals surface area (Å²) in [5.74, 6) is -4.92. The highest BCUT2D eigenvalue weighted by molar-refractivity contribution is 5.49. The van der Waals surface area contributed by atoms with Crippen LogP contribution < -0.4 is 0 Å². The van der Waals surface area contributed by atoms with E-state index in [2.05, 4.69) is 4.99 Å². The molecule has 0 spiro atoms. The molecule has 0 atom stereocenters. The molecule has 86 valence electrons. The van der Waals surface area contributed by atoms with Crippen LogP contribution >= 0.6 is 0 Å². The second-order valence-corrected chi connectivity index (χ2v) is 2.82. The number of carbonyl (C=O) groups excluding carboxylic acids is 1. The Labute approximate surface area is 86.4 Å². The van der Waals surface area contributed by atoms with Crippen LogP contribution in [0.25, 0.3) is 0 Å². The first kappa shape index (κ1) is 12.3. The number of alkyl halides is 5. The van der Waals surface area contributed by atoms with Gasteiger partial charge in [0.2, 0.25) is 6.08 Å². The predicted octanol–water partition coefficient (Wildman–Crippen LogP) is 3.31. The van der Waals surface area contributed by atoms with Crippen molar-refractivity contribution < 1.29 is 26.7 Å². The minimum absolute atomic E-state index is 0.0447. The van der Waals surface area contributed by atoms with Gasteiger partial charge >= 0.3 is 12.1 Å². The molecule has 0 aliphatic rings. The predicted molar refractivity (Wildman–Crippen MR) is 44.2 cm³/mol. The van der Waals surface area contributed by atoms with Gasteiger partial charge in [0.15, 0.2) is 0 Å². The van der Waals surface area contributed by atoms with Crippen molar-refractivity contribution in [2.24, 2.45) is 4.99 Å². The molecule has 0 aliphatic heterocycles. The molecule has 7 heteroatoms. The van der Waals surface area contributed by atoms with Gasteiger partial charge < -0.3 is 0 Å². The zero-order chi connectivity index (χ0) is 12.4. The molecule has 0 aromatic heterocycles. The van der Waals surface area contributed by atoms with Crippen molar-refractivity contribution in [3.8, 4) is 0 Å². The molecule has 0 heterocycles. The second kappa shape index (κ2) is 4.02. The van der Waals surface area contributed by atoms with Crippen LogP contribution in [0.3, 0.4) is 0 Å². The molecule has 0 unspecified atom stereocenters. The Balaban J connectivity index is 3.11. The van der Waals surface area contributed by atoms with Crippen LogP contribution in [0.15, 0.2) is 29.3 Å². The SMILES string of the molecule is O=C=Nc1ccc(C(F)(F)C(F)(F)F)cc1. The van der Waals surface area contributed by atoms with Crippen molar-refractivity contribution >= 4 is 11.8 Å². The fraction of sp³-hybridized carbons (Fsp3) is 0.222. The number of hydrogen-bond acceptors (Lipinski definition) is 2. The number of isocyanates is 1. The van der Waals surface area contributed by atoms with Crippen LogP contribution in [-0.2, 0) is 10.7 Å². The lowest BCUT2D eigenvalue weighted by Crippen LogP contribution is -2.33. The molecule has 1 aromatic rings. The maximum Gasteiger partial charge on any atom is 0.458 e. The van der Waals surface area contributed by atoms with Gasteiger partial charge in [0.1, 0.15) is 0 Å². The van der Waals surface area contributed by atoms with Gasteiger partial charge in [-0.25, -0.2) is 4.79 Å². The van der Waals surface area contributed by atoms with Gasteiger partial charge in [0.05, 0.1) is 5.69 Å². The molecule has 0 amide bonds. The largest absolute Gasteiger partial charge is 0.458 e. The molecule has 1 aromatic carbocycles. The van der Waals surface area contributed by atoms with Crippen molar-refractivity contribution in [2.75, 3.05) is 0 Å². The van der Waals surface area contributed by atoms with Crippen LogP contribution in [-0.4, -0.2) is 12.3 Å². The Bertz CT molecular complexity index is 417. The molecule has 16 heavy (non-hydrogen) atoms. The van der Waals surface area contributed by atoms with Crippen molar-refractivity contribution in [3.05, 3.63) is 29.8 Å². The molecular formula is C9H4F5NO. The van der Waals surface area contributed by atoms with E-state index < -0.39 is 17.7 Å². The molecule has 0 saturated carbocycles. The van der Waals surface area contributed by atoms with Gasteiger partial charge in [0, 0.05) is 5.56 Å². The van der Waals surface area contributed by atoms with Crippen LogP contribution in [0.1, 0.15) is 5.56 Å². The normalized spacial score (nSPS) is 12.1. The van der Waals surface area contributed by atoms with E-state index in [0.717, 1.165) is 18.2 Å². The van der Waals surface area contributed by atoms with Gasteiger partial charge in [0.25, 0.3) is 0 Å². The molecule has 0 bridgehead atoms.